The first-order chi connectivity index (χ1) is 12.8. The molecule has 1 amide bonds. The van der Waals surface area contributed by atoms with Crippen LogP contribution in [-0.2, 0) is 12.8 Å². The van der Waals surface area contributed by atoms with Gasteiger partial charge in [0.2, 0.25) is 0 Å². The van der Waals surface area contributed by atoms with Gasteiger partial charge in [-0.15, -0.1) is 0 Å². The minimum absolute atomic E-state index is 0.0672. The van der Waals surface area contributed by atoms with Crippen molar-refractivity contribution in [2.24, 2.45) is 5.41 Å². The Morgan fingerprint density at radius 2 is 1.96 bits per heavy atom. The van der Waals surface area contributed by atoms with E-state index in [0.717, 1.165) is 30.4 Å². The lowest BCUT2D eigenvalue weighted by molar-refractivity contribution is 0.0706. The van der Waals surface area contributed by atoms with E-state index in [0.29, 0.717) is 17.7 Å². The van der Waals surface area contributed by atoms with E-state index in [1.165, 1.54) is 5.56 Å². The second kappa shape index (κ2) is 7.61. The number of hydrogen-bond donors (Lipinski definition) is 2. The van der Waals surface area contributed by atoms with Gasteiger partial charge in [-0.25, -0.2) is 5.48 Å². The van der Waals surface area contributed by atoms with Gasteiger partial charge in [-0.3, -0.25) is 19.8 Å². The Morgan fingerprint density at radius 1 is 1.19 bits per heavy atom. The van der Waals surface area contributed by atoms with Gasteiger partial charge in [-0.1, -0.05) is 26.8 Å². The van der Waals surface area contributed by atoms with Crippen LogP contribution in [0.3, 0.4) is 0 Å². The van der Waals surface area contributed by atoms with Crippen LogP contribution < -0.4 is 5.48 Å². The molecule has 1 aliphatic rings. The van der Waals surface area contributed by atoms with Gasteiger partial charge >= 0.3 is 0 Å². The molecule has 27 heavy (non-hydrogen) atoms. The molecule has 3 rings (SSSR count). The normalized spacial score (nSPS) is 16.5. The maximum absolute atomic E-state index is 12.5. The quantitative estimate of drug-likeness (QED) is 0.485. The van der Waals surface area contributed by atoms with Crippen molar-refractivity contribution in [2.45, 2.75) is 52.4 Å². The molecule has 1 atom stereocenters. The van der Waals surface area contributed by atoms with Gasteiger partial charge in [0.1, 0.15) is 5.69 Å². The molecule has 0 bridgehead atoms. The molecular formula is C22H26N2O3. The molecule has 2 N–H and O–H groups in total. The second-order valence-corrected chi connectivity index (χ2v) is 8.50. The van der Waals surface area contributed by atoms with E-state index in [4.69, 9.17) is 5.21 Å². The van der Waals surface area contributed by atoms with Gasteiger partial charge in [-0.2, -0.15) is 0 Å². The molecule has 2 aromatic rings. The predicted molar refractivity (Wildman–Crippen MR) is 103 cm³/mol. The third-order valence-corrected chi connectivity index (χ3v) is 5.03. The highest BCUT2D eigenvalue weighted by Crippen LogP contribution is 2.33. The molecule has 0 fully saturated rings. The summed E-state index contributed by atoms with van der Waals surface area (Å²) in [4.78, 5) is 28.5. The summed E-state index contributed by atoms with van der Waals surface area (Å²) in [6, 6.07) is 9.45. The summed E-state index contributed by atoms with van der Waals surface area (Å²) in [5.41, 5.74) is 6.07. The van der Waals surface area contributed by atoms with Gasteiger partial charge in [0.25, 0.3) is 5.91 Å². The fourth-order valence-corrected chi connectivity index (χ4v) is 3.67. The first-order valence-corrected chi connectivity index (χ1v) is 9.32. The van der Waals surface area contributed by atoms with Crippen LogP contribution in [0.1, 0.15) is 77.1 Å². The fraction of sp³-hybridized carbons (Fsp3) is 0.409. The van der Waals surface area contributed by atoms with Crippen LogP contribution in [0.2, 0.25) is 0 Å². The van der Waals surface area contributed by atoms with Crippen molar-refractivity contribution >= 4 is 11.7 Å². The maximum atomic E-state index is 12.5. The molecule has 1 unspecified atom stereocenters. The zero-order valence-corrected chi connectivity index (χ0v) is 16.1. The Hall–Kier alpha value is -2.53. The molecule has 5 heteroatoms. The van der Waals surface area contributed by atoms with E-state index >= 15 is 0 Å². The Labute approximate surface area is 159 Å². The average Bonchev–Trinajstić information content (AvgIpc) is 2.65. The molecule has 5 nitrogen and oxygen atoms in total. The van der Waals surface area contributed by atoms with Crippen molar-refractivity contribution in [1.82, 2.24) is 10.5 Å². The molecular weight excluding hydrogens is 340 g/mol. The molecule has 0 spiro atoms. The Bertz CT molecular complexity index is 868. The Morgan fingerprint density at radius 3 is 2.67 bits per heavy atom. The number of Topliss-reactive ketones (excluding diaryl/α,β-unsaturated/α-hetero) is 1. The number of hydroxylamine groups is 1. The van der Waals surface area contributed by atoms with Gasteiger partial charge in [0, 0.05) is 18.2 Å². The Kier molecular flexibility index (Phi) is 5.42. The number of rotatable bonds is 4. The molecule has 0 aliphatic heterocycles. The van der Waals surface area contributed by atoms with Crippen molar-refractivity contribution in [1.29, 1.82) is 0 Å². The summed E-state index contributed by atoms with van der Waals surface area (Å²) in [7, 11) is 0. The minimum atomic E-state index is -0.501. The van der Waals surface area contributed by atoms with Crippen LogP contribution in [0.25, 0.3) is 0 Å². The van der Waals surface area contributed by atoms with Crippen LogP contribution in [0.15, 0.2) is 36.5 Å². The molecule has 1 aromatic heterocycles. The number of carbonyl (C=O) groups excluding carboxylic acids is 2. The van der Waals surface area contributed by atoms with Crippen molar-refractivity contribution in [2.75, 3.05) is 0 Å². The number of carbonyl (C=O) groups is 2. The van der Waals surface area contributed by atoms with Crippen molar-refractivity contribution in [3.05, 3.63) is 64.5 Å². The second-order valence-electron chi connectivity index (χ2n) is 8.50. The number of hydrogen-bond acceptors (Lipinski definition) is 4. The third-order valence-electron chi connectivity index (χ3n) is 5.03. The number of nitrogens with zero attached hydrogens (tertiary/aromatic N) is 1. The fourth-order valence-electron chi connectivity index (χ4n) is 3.67. The molecule has 0 saturated heterocycles. The summed E-state index contributed by atoms with van der Waals surface area (Å²) < 4.78 is 0. The van der Waals surface area contributed by atoms with E-state index in [9.17, 15) is 9.59 Å². The molecule has 1 aromatic carbocycles. The average molecular weight is 366 g/mol. The summed E-state index contributed by atoms with van der Waals surface area (Å²) in [5, 5.41) is 8.85. The SMILES string of the molecule is CC(C)(C)CC(=O)c1cc(C2CCc3ccc(C(=O)NO)cc3C2)ccn1. The Balaban J connectivity index is 1.82. The number of benzene rings is 1. The number of amides is 1. The molecule has 1 heterocycles. The number of aromatic nitrogens is 1. The van der Waals surface area contributed by atoms with E-state index < -0.39 is 5.91 Å². The number of fused-ring (bicyclic) bond motifs is 1. The van der Waals surface area contributed by atoms with Gasteiger partial charge in [0.15, 0.2) is 5.78 Å². The summed E-state index contributed by atoms with van der Waals surface area (Å²) in [6.45, 7) is 6.15. The van der Waals surface area contributed by atoms with Crippen LogP contribution in [-0.4, -0.2) is 21.9 Å². The standard InChI is InChI=1S/C22H26N2O3/c1-22(2,3)13-20(25)19-12-16(8-9-23-19)15-6-4-14-5-7-17(21(26)24-27)11-18(14)10-15/h5,7-9,11-12,15,27H,4,6,10,13H2,1-3H3,(H,24,26). The minimum Gasteiger partial charge on any atom is -0.292 e. The van der Waals surface area contributed by atoms with Crippen molar-refractivity contribution < 1.29 is 14.8 Å². The zero-order chi connectivity index (χ0) is 19.6. The maximum Gasteiger partial charge on any atom is 0.274 e. The summed E-state index contributed by atoms with van der Waals surface area (Å²) >= 11 is 0. The highest BCUT2D eigenvalue weighted by Gasteiger charge is 2.23. The number of pyridine rings is 1. The smallest absolute Gasteiger partial charge is 0.274 e. The van der Waals surface area contributed by atoms with Gasteiger partial charge < -0.3 is 0 Å². The molecule has 0 radical (unpaired) electrons. The predicted octanol–water partition coefficient (Wildman–Crippen LogP) is 4.09. The lowest BCUT2D eigenvalue weighted by Gasteiger charge is -2.25. The number of ketones is 1. The monoisotopic (exact) mass is 366 g/mol. The van der Waals surface area contributed by atoms with Gasteiger partial charge in [0.05, 0.1) is 0 Å². The first-order valence-electron chi connectivity index (χ1n) is 9.32. The zero-order valence-electron chi connectivity index (χ0n) is 16.1. The first kappa shape index (κ1) is 19.2. The lowest BCUT2D eigenvalue weighted by Crippen LogP contribution is -2.20. The molecule has 0 saturated carbocycles. The number of aryl methyl sites for hydroxylation is 1. The van der Waals surface area contributed by atoms with E-state index in [1.54, 1.807) is 17.7 Å². The third kappa shape index (κ3) is 4.61. The largest absolute Gasteiger partial charge is 0.292 e. The van der Waals surface area contributed by atoms with Crippen LogP contribution in [0.4, 0.5) is 0 Å². The summed E-state index contributed by atoms with van der Waals surface area (Å²) in [5.74, 6) is -0.143. The molecule has 142 valence electrons. The van der Waals surface area contributed by atoms with E-state index in [-0.39, 0.29) is 17.1 Å². The van der Waals surface area contributed by atoms with Crippen LogP contribution >= 0.6 is 0 Å². The molecule has 1 aliphatic carbocycles. The topological polar surface area (TPSA) is 79.3 Å². The van der Waals surface area contributed by atoms with Crippen molar-refractivity contribution in [3.8, 4) is 0 Å². The lowest BCUT2D eigenvalue weighted by atomic mass is 9.79. The van der Waals surface area contributed by atoms with Crippen LogP contribution in [0.5, 0.6) is 0 Å². The highest BCUT2D eigenvalue weighted by atomic mass is 16.5. The highest BCUT2D eigenvalue weighted by molar-refractivity contribution is 5.95. The van der Waals surface area contributed by atoms with Crippen LogP contribution in [0, 0.1) is 5.41 Å². The van der Waals surface area contributed by atoms with E-state index in [1.807, 2.05) is 45.0 Å². The van der Waals surface area contributed by atoms with E-state index in [2.05, 4.69) is 4.98 Å². The van der Waals surface area contributed by atoms with Gasteiger partial charge in [-0.05, 0) is 71.6 Å². The summed E-state index contributed by atoms with van der Waals surface area (Å²) in [6.07, 6.45) is 4.91. The number of nitrogens with one attached hydrogen (secondary N) is 1. The van der Waals surface area contributed by atoms with Crippen molar-refractivity contribution in [3.63, 3.8) is 0 Å².